The second-order valence-corrected chi connectivity index (χ2v) is 3.15. The molecule has 2 rings (SSSR count). The average Bonchev–Trinajstić information content (AvgIpc) is 2.63. The normalized spacial score (nSPS) is 12.8. The Morgan fingerprint density at radius 3 is 2.60 bits per heavy atom. The highest BCUT2D eigenvalue weighted by Crippen LogP contribution is 2.25. The maximum atomic E-state index is 12.4. The number of fused-ring (bicyclic) bond motifs is 1. The third kappa shape index (κ3) is 2.11. The molecule has 0 bridgehead atoms. The number of H-pyrrole nitrogens is 1. The molecule has 5 heteroatoms. The van der Waals surface area contributed by atoms with Crippen molar-refractivity contribution >= 4 is 23.3 Å². The molecule has 0 spiro atoms. The molecule has 0 amide bonds. The Labute approximate surface area is 91.9 Å². The van der Waals surface area contributed by atoms with Crippen LogP contribution in [0.15, 0.2) is 30.5 Å². The highest BCUT2D eigenvalue weighted by molar-refractivity contribution is 5.85. The summed E-state index contributed by atoms with van der Waals surface area (Å²) >= 11 is 0. The largest absolute Gasteiger partial charge is 0.361 e. The fourth-order valence-electron chi connectivity index (χ4n) is 1.54. The van der Waals surface area contributed by atoms with Gasteiger partial charge in [0.1, 0.15) is 0 Å². The van der Waals surface area contributed by atoms with Gasteiger partial charge in [-0.3, -0.25) is 0 Å². The van der Waals surface area contributed by atoms with Crippen molar-refractivity contribution < 1.29 is 8.78 Å². The molecule has 0 saturated heterocycles. The number of rotatable bonds is 2. The Kier molecular flexibility index (Phi) is 3.66. The van der Waals surface area contributed by atoms with E-state index in [2.05, 4.69) is 4.98 Å². The predicted octanol–water partition coefficient (Wildman–Crippen LogP) is 2.85. The lowest BCUT2D eigenvalue weighted by atomic mass is 10.0. The maximum Gasteiger partial charge on any atom is 0.257 e. The van der Waals surface area contributed by atoms with Crippen LogP contribution in [0.25, 0.3) is 10.9 Å². The molecule has 2 aromatic rings. The lowest BCUT2D eigenvalue weighted by Gasteiger charge is -2.11. The number of nitrogens with one attached hydrogen (secondary N) is 1. The first-order valence-electron chi connectivity index (χ1n) is 4.30. The Morgan fingerprint density at radius 1 is 1.20 bits per heavy atom. The van der Waals surface area contributed by atoms with Crippen molar-refractivity contribution in [1.29, 1.82) is 0 Å². The van der Waals surface area contributed by atoms with Gasteiger partial charge in [0.15, 0.2) is 0 Å². The second-order valence-electron chi connectivity index (χ2n) is 3.15. The monoisotopic (exact) mass is 232 g/mol. The van der Waals surface area contributed by atoms with Gasteiger partial charge in [-0.1, -0.05) is 12.1 Å². The zero-order valence-electron chi connectivity index (χ0n) is 7.78. The first kappa shape index (κ1) is 11.9. The van der Waals surface area contributed by atoms with Crippen LogP contribution in [-0.2, 0) is 0 Å². The highest BCUT2D eigenvalue weighted by Gasteiger charge is 2.19. The number of hydrogen-bond donors (Lipinski definition) is 2. The number of aromatic amines is 1. The Morgan fingerprint density at radius 2 is 1.93 bits per heavy atom. The Hall–Kier alpha value is -1.13. The van der Waals surface area contributed by atoms with E-state index in [1.54, 1.807) is 24.4 Å². The van der Waals surface area contributed by atoms with Crippen LogP contribution >= 0.6 is 12.4 Å². The molecule has 82 valence electrons. The highest BCUT2D eigenvalue weighted by atomic mass is 35.5. The molecular formula is C10H11ClF2N2. The number of aromatic nitrogens is 1. The minimum atomic E-state index is -2.53. The summed E-state index contributed by atoms with van der Waals surface area (Å²) in [5.41, 5.74) is 6.72. The van der Waals surface area contributed by atoms with Crippen LogP contribution in [0.5, 0.6) is 0 Å². The van der Waals surface area contributed by atoms with Gasteiger partial charge >= 0.3 is 0 Å². The number of benzene rings is 1. The standard InChI is InChI=1S/C10H10F2N2.ClH/c11-10(12)9(13)7-2-1-3-8-6(7)4-5-14-8;/h1-5,9-10,14H,13H2;1H/t9-;/m1./s1. The van der Waals surface area contributed by atoms with Crippen molar-refractivity contribution in [2.75, 3.05) is 0 Å². The molecule has 0 aliphatic rings. The summed E-state index contributed by atoms with van der Waals surface area (Å²) in [7, 11) is 0. The van der Waals surface area contributed by atoms with Gasteiger partial charge in [0.05, 0.1) is 6.04 Å². The van der Waals surface area contributed by atoms with Crippen LogP contribution in [0.3, 0.4) is 0 Å². The van der Waals surface area contributed by atoms with E-state index in [9.17, 15) is 8.78 Å². The molecule has 0 aliphatic heterocycles. The van der Waals surface area contributed by atoms with Gasteiger partial charge in [0.25, 0.3) is 6.43 Å². The fourth-order valence-corrected chi connectivity index (χ4v) is 1.54. The van der Waals surface area contributed by atoms with Crippen LogP contribution in [0.2, 0.25) is 0 Å². The van der Waals surface area contributed by atoms with E-state index in [0.717, 1.165) is 10.9 Å². The van der Waals surface area contributed by atoms with E-state index in [0.29, 0.717) is 5.56 Å². The molecule has 3 N–H and O–H groups in total. The first-order chi connectivity index (χ1) is 6.70. The number of hydrogen-bond acceptors (Lipinski definition) is 1. The SMILES string of the molecule is Cl.N[C@H](c1cccc2[nH]ccc12)C(F)F. The predicted molar refractivity (Wildman–Crippen MR) is 58.5 cm³/mol. The third-order valence-corrected chi connectivity index (χ3v) is 2.26. The molecule has 1 aromatic heterocycles. The lowest BCUT2D eigenvalue weighted by Crippen LogP contribution is -2.18. The molecule has 0 aliphatic carbocycles. The van der Waals surface area contributed by atoms with E-state index < -0.39 is 12.5 Å². The minimum Gasteiger partial charge on any atom is -0.361 e. The summed E-state index contributed by atoms with van der Waals surface area (Å²) in [4.78, 5) is 2.95. The summed E-state index contributed by atoms with van der Waals surface area (Å²) < 4.78 is 24.8. The van der Waals surface area contributed by atoms with E-state index in [4.69, 9.17) is 5.73 Å². The smallest absolute Gasteiger partial charge is 0.257 e. The fraction of sp³-hybridized carbons (Fsp3) is 0.200. The summed E-state index contributed by atoms with van der Waals surface area (Å²) in [6.45, 7) is 0. The molecule has 1 atom stereocenters. The van der Waals surface area contributed by atoms with Crippen LogP contribution in [-0.4, -0.2) is 11.4 Å². The van der Waals surface area contributed by atoms with Gasteiger partial charge in [-0.05, 0) is 17.7 Å². The molecule has 15 heavy (non-hydrogen) atoms. The average molecular weight is 233 g/mol. The summed E-state index contributed by atoms with van der Waals surface area (Å²) in [5, 5.41) is 0.764. The molecular weight excluding hydrogens is 222 g/mol. The summed E-state index contributed by atoms with van der Waals surface area (Å²) in [5.74, 6) is 0. The van der Waals surface area contributed by atoms with E-state index in [1.165, 1.54) is 0 Å². The quantitative estimate of drug-likeness (QED) is 0.822. The second kappa shape index (κ2) is 4.59. The molecule has 1 heterocycles. The number of alkyl halides is 2. The topological polar surface area (TPSA) is 41.8 Å². The number of nitrogens with two attached hydrogens (primary N) is 1. The van der Waals surface area contributed by atoms with Gasteiger partial charge in [-0.25, -0.2) is 8.78 Å². The molecule has 0 fully saturated rings. The van der Waals surface area contributed by atoms with Crippen molar-refractivity contribution in [2.24, 2.45) is 5.73 Å². The zero-order valence-corrected chi connectivity index (χ0v) is 8.60. The van der Waals surface area contributed by atoms with Crippen molar-refractivity contribution in [1.82, 2.24) is 4.98 Å². The minimum absolute atomic E-state index is 0. The lowest BCUT2D eigenvalue weighted by molar-refractivity contribution is 0.117. The van der Waals surface area contributed by atoms with Gasteiger partial charge < -0.3 is 10.7 Å². The summed E-state index contributed by atoms with van der Waals surface area (Å²) in [6.07, 6.45) is -0.817. The van der Waals surface area contributed by atoms with E-state index in [-0.39, 0.29) is 12.4 Å². The van der Waals surface area contributed by atoms with Gasteiger partial charge in [-0.15, -0.1) is 12.4 Å². The summed E-state index contributed by atoms with van der Waals surface area (Å²) in [6, 6.07) is 5.72. The Bertz CT molecular complexity index is 442. The van der Waals surface area contributed by atoms with Crippen molar-refractivity contribution in [3.8, 4) is 0 Å². The van der Waals surface area contributed by atoms with Crippen molar-refractivity contribution in [3.63, 3.8) is 0 Å². The van der Waals surface area contributed by atoms with E-state index in [1.807, 2.05) is 6.07 Å². The number of halogens is 3. The molecule has 0 saturated carbocycles. The van der Waals surface area contributed by atoms with Gasteiger partial charge in [-0.2, -0.15) is 0 Å². The molecule has 0 radical (unpaired) electrons. The molecule has 2 nitrogen and oxygen atoms in total. The van der Waals surface area contributed by atoms with Gasteiger partial charge in [0, 0.05) is 17.1 Å². The van der Waals surface area contributed by atoms with Crippen LogP contribution in [0.1, 0.15) is 11.6 Å². The third-order valence-electron chi connectivity index (χ3n) is 2.26. The van der Waals surface area contributed by atoms with Crippen molar-refractivity contribution in [2.45, 2.75) is 12.5 Å². The zero-order chi connectivity index (χ0) is 10.1. The Balaban J connectivity index is 0.00000112. The maximum absolute atomic E-state index is 12.4. The van der Waals surface area contributed by atoms with Crippen LogP contribution in [0.4, 0.5) is 8.78 Å². The van der Waals surface area contributed by atoms with Crippen LogP contribution < -0.4 is 5.73 Å². The molecule has 0 unspecified atom stereocenters. The molecule has 1 aromatic carbocycles. The van der Waals surface area contributed by atoms with Gasteiger partial charge in [0.2, 0.25) is 0 Å². The van der Waals surface area contributed by atoms with E-state index >= 15 is 0 Å². The van der Waals surface area contributed by atoms with Crippen LogP contribution in [0, 0.1) is 0 Å². The van der Waals surface area contributed by atoms with Crippen molar-refractivity contribution in [3.05, 3.63) is 36.0 Å². The first-order valence-corrected chi connectivity index (χ1v) is 4.30.